The van der Waals surface area contributed by atoms with Gasteiger partial charge in [-0.2, -0.15) is 0 Å². The Labute approximate surface area is 162 Å². The topological polar surface area (TPSA) is 34.7 Å². The highest BCUT2D eigenvalue weighted by atomic mass is 35.5. The molecule has 134 valence electrons. The first-order valence-electron chi connectivity index (χ1n) is 8.71. The second-order valence-electron chi connectivity index (χ2n) is 6.26. The van der Waals surface area contributed by atoms with E-state index in [9.17, 15) is 0 Å². The van der Waals surface area contributed by atoms with E-state index in [1.54, 1.807) is 0 Å². The number of rotatable bonds is 5. The molecule has 0 aliphatic carbocycles. The van der Waals surface area contributed by atoms with Crippen LogP contribution in [0.5, 0.6) is 0 Å². The molecule has 0 spiro atoms. The van der Waals surface area contributed by atoms with Crippen LogP contribution in [-0.2, 0) is 11.4 Å². The fraction of sp³-hybridized carbons (Fsp3) is 0.0870. The van der Waals surface area contributed by atoms with Gasteiger partial charge in [0.1, 0.15) is 12.2 Å². The van der Waals surface area contributed by atoms with Gasteiger partial charge in [-0.1, -0.05) is 77.4 Å². The lowest BCUT2D eigenvalue weighted by Crippen LogP contribution is -2.05. The molecule has 0 saturated carbocycles. The van der Waals surface area contributed by atoms with E-state index < -0.39 is 0 Å². The fourth-order valence-corrected chi connectivity index (χ4v) is 3.10. The summed E-state index contributed by atoms with van der Waals surface area (Å²) in [6.45, 7) is 2.42. The summed E-state index contributed by atoms with van der Waals surface area (Å²) in [5, 5.41) is 6.16. The predicted octanol–water partition coefficient (Wildman–Crippen LogP) is 6.36. The molecule has 0 unspecified atom stereocenters. The third-order valence-electron chi connectivity index (χ3n) is 4.41. The molecule has 1 heterocycles. The van der Waals surface area contributed by atoms with Crippen LogP contribution in [0.25, 0.3) is 11.0 Å². The number of nitrogens with zero attached hydrogens (tertiary/aromatic N) is 1. The molecule has 3 aromatic carbocycles. The maximum absolute atomic E-state index is 6.10. The van der Waals surface area contributed by atoms with Crippen LogP contribution in [0.1, 0.15) is 22.5 Å². The summed E-state index contributed by atoms with van der Waals surface area (Å²) in [5.41, 5.74) is 4.45. The zero-order valence-corrected chi connectivity index (χ0v) is 15.6. The van der Waals surface area contributed by atoms with Gasteiger partial charge in [0, 0.05) is 21.5 Å². The summed E-state index contributed by atoms with van der Waals surface area (Å²) in [7, 11) is 0. The van der Waals surface area contributed by atoms with Crippen LogP contribution in [0.2, 0.25) is 5.02 Å². The Kier molecular flexibility index (Phi) is 4.95. The number of fused-ring (bicyclic) bond motifs is 1. The maximum Gasteiger partial charge on any atom is 0.160 e. The lowest BCUT2D eigenvalue weighted by molar-refractivity contribution is 0.130. The van der Waals surface area contributed by atoms with Crippen LogP contribution < -0.4 is 0 Å². The summed E-state index contributed by atoms with van der Waals surface area (Å²) in [5.74, 6) is 0.701. The number of oxime groups is 1. The molecular formula is C23H18ClNO2. The van der Waals surface area contributed by atoms with Gasteiger partial charge >= 0.3 is 0 Å². The third-order valence-corrected chi connectivity index (χ3v) is 4.66. The molecule has 0 atom stereocenters. The number of benzene rings is 3. The number of furan rings is 1. The maximum atomic E-state index is 6.10. The molecule has 4 aromatic rings. The van der Waals surface area contributed by atoms with Crippen molar-refractivity contribution < 1.29 is 9.25 Å². The van der Waals surface area contributed by atoms with E-state index in [4.69, 9.17) is 20.9 Å². The monoisotopic (exact) mass is 375 g/mol. The van der Waals surface area contributed by atoms with Gasteiger partial charge in [0.15, 0.2) is 11.5 Å². The molecular weight excluding hydrogens is 358 g/mol. The molecule has 0 fully saturated rings. The molecule has 0 N–H and O–H groups in total. The van der Waals surface area contributed by atoms with Crippen molar-refractivity contribution >= 4 is 28.3 Å². The van der Waals surface area contributed by atoms with Crippen molar-refractivity contribution in [1.29, 1.82) is 0 Å². The summed E-state index contributed by atoms with van der Waals surface area (Å²) < 4.78 is 6.10. The lowest BCUT2D eigenvalue weighted by Gasteiger charge is -2.07. The molecule has 0 bridgehead atoms. The summed E-state index contributed by atoms with van der Waals surface area (Å²) in [6.07, 6.45) is 0. The highest BCUT2D eigenvalue weighted by molar-refractivity contribution is 6.30. The van der Waals surface area contributed by atoms with Crippen LogP contribution in [0.4, 0.5) is 0 Å². The highest BCUT2D eigenvalue weighted by Crippen LogP contribution is 2.28. The van der Waals surface area contributed by atoms with Crippen LogP contribution in [-0.4, -0.2) is 5.71 Å². The van der Waals surface area contributed by atoms with Crippen molar-refractivity contribution in [2.75, 3.05) is 0 Å². The van der Waals surface area contributed by atoms with Gasteiger partial charge in [-0.05, 0) is 30.7 Å². The Morgan fingerprint density at radius 1 is 0.926 bits per heavy atom. The second kappa shape index (κ2) is 7.68. The Hall–Kier alpha value is -3.04. The van der Waals surface area contributed by atoms with Crippen molar-refractivity contribution in [3.05, 3.63) is 106 Å². The summed E-state index contributed by atoms with van der Waals surface area (Å²) in [6, 6.07) is 25.4. The van der Waals surface area contributed by atoms with Gasteiger partial charge in [-0.25, -0.2) is 0 Å². The summed E-state index contributed by atoms with van der Waals surface area (Å²) >= 11 is 6.05. The van der Waals surface area contributed by atoms with Crippen molar-refractivity contribution in [3.63, 3.8) is 0 Å². The average molecular weight is 376 g/mol. The quantitative estimate of drug-likeness (QED) is 0.300. The molecule has 0 aliphatic rings. The lowest BCUT2D eigenvalue weighted by atomic mass is 10.0. The smallest absolute Gasteiger partial charge is 0.160 e. The Morgan fingerprint density at radius 3 is 2.37 bits per heavy atom. The van der Waals surface area contributed by atoms with E-state index >= 15 is 0 Å². The zero-order chi connectivity index (χ0) is 18.6. The van der Waals surface area contributed by atoms with Crippen LogP contribution in [0.3, 0.4) is 0 Å². The minimum atomic E-state index is 0.386. The van der Waals surface area contributed by atoms with E-state index in [2.05, 4.69) is 5.16 Å². The molecule has 4 heteroatoms. The SMILES string of the molecule is Cc1c(/C(=N/OCc2ccccc2)c2ccc(Cl)cc2)oc2ccccc12. The van der Waals surface area contributed by atoms with E-state index in [-0.39, 0.29) is 0 Å². The second-order valence-corrected chi connectivity index (χ2v) is 6.69. The third kappa shape index (κ3) is 3.74. The normalized spacial score (nSPS) is 11.7. The number of para-hydroxylation sites is 1. The molecule has 1 aromatic heterocycles. The molecule has 0 saturated heterocycles. The summed E-state index contributed by atoms with van der Waals surface area (Å²) in [4.78, 5) is 5.67. The number of hydrogen-bond acceptors (Lipinski definition) is 3. The number of aryl methyl sites for hydroxylation is 1. The standard InChI is InChI=1S/C23H18ClNO2/c1-16-20-9-5-6-10-21(20)27-23(16)22(18-11-13-19(24)14-12-18)25-26-15-17-7-3-2-4-8-17/h2-14H,15H2,1H3/b25-22+. The van der Waals surface area contributed by atoms with Crippen molar-refractivity contribution in [3.8, 4) is 0 Å². The largest absolute Gasteiger partial charge is 0.454 e. The minimum absolute atomic E-state index is 0.386. The first-order chi connectivity index (χ1) is 13.2. The Balaban J connectivity index is 1.74. The van der Waals surface area contributed by atoms with E-state index in [1.165, 1.54) is 0 Å². The zero-order valence-electron chi connectivity index (χ0n) is 14.9. The Bertz CT molecular complexity index is 1080. The molecule has 4 rings (SSSR count). The van der Waals surface area contributed by atoms with E-state index in [0.29, 0.717) is 23.1 Å². The molecule has 27 heavy (non-hydrogen) atoms. The number of halogens is 1. The molecule has 0 aliphatic heterocycles. The van der Waals surface area contributed by atoms with Crippen molar-refractivity contribution in [2.24, 2.45) is 5.16 Å². The van der Waals surface area contributed by atoms with Crippen LogP contribution >= 0.6 is 11.6 Å². The molecule has 0 radical (unpaired) electrons. The first kappa shape index (κ1) is 17.4. The molecule has 0 amide bonds. The predicted molar refractivity (Wildman–Crippen MR) is 109 cm³/mol. The van der Waals surface area contributed by atoms with Crippen molar-refractivity contribution in [1.82, 2.24) is 0 Å². The van der Waals surface area contributed by atoms with Gasteiger partial charge in [0.25, 0.3) is 0 Å². The molecule has 3 nitrogen and oxygen atoms in total. The highest BCUT2D eigenvalue weighted by Gasteiger charge is 2.18. The minimum Gasteiger partial charge on any atom is -0.454 e. The van der Waals surface area contributed by atoms with Gasteiger partial charge in [0.2, 0.25) is 0 Å². The van der Waals surface area contributed by atoms with Gasteiger partial charge in [-0.15, -0.1) is 0 Å². The number of hydrogen-bond donors (Lipinski definition) is 0. The van der Waals surface area contributed by atoms with Crippen LogP contribution in [0.15, 0.2) is 88.4 Å². The Morgan fingerprint density at radius 2 is 1.63 bits per heavy atom. The van der Waals surface area contributed by atoms with E-state index in [1.807, 2.05) is 85.8 Å². The van der Waals surface area contributed by atoms with Crippen molar-refractivity contribution in [2.45, 2.75) is 13.5 Å². The van der Waals surface area contributed by atoms with E-state index in [0.717, 1.165) is 27.7 Å². The van der Waals surface area contributed by atoms with Gasteiger partial charge < -0.3 is 9.25 Å². The first-order valence-corrected chi connectivity index (χ1v) is 9.08. The average Bonchev–Trinajstić information content (AvgIpc) is 3.04. The fourth-order valence-electron chi connectivity index (χ4n) is 2.98. The van der Waals surface area contributed by atoms with Gasteiger partial charge in [-0.3, -0.25) is 0 Å². The van der Waals surface area contributed by atoms with Crippen LogP contribution in [0, 0.1) is 6.92 Å². The van der Waals surface area contributed by atoms with Gasteiger partial charge in [0.05, 0.1) is 0 Å².